The average molecular weight is 218 g/mol. The fourth-order valence-electron chi connectivity index (χ4n) is 2.55. The molecule has 0 unspecified atom stereocenters. The van der Waals surface area contributed by atoms with Crippen LogP contribution in [0.5, 0.6) is 0 Å². The van der Waals surface area contributed by atoms with E-state index in [9.17, 15) is 0 Å². The Bertz CT molecular complexity index is 376. The monoisotopic (exact) mass is 218 g/mol. The quantitative estimate of drug-likeness (QED) is 0.668. The Balaban J connectivity index is 1.88. The third-order valence-electron chi connectivity index (χ3n) is 3.31. The summed E-state index contributed by atoms with van der Waals surface area (Å²) in [4.78, 5) is 4.64. The summed E-state index contributed by atoms with van der Waals surface area (Å²) < 4.78 is 0. The molecule has 1 atom stereocenters. The number of para-hydroxylation sites is 1. The molecule has 1 aromatic rings. The molecule has 0 aliphatic carbocycles. The number of hydrogen-bond donors (Lipinski definition) is 0. The van der Waals surface area contributed by atoms with Gasteiger partial charge in [-0.3, -0.25) is 0 Å². The highest BCUT2D eigenvalue weighted by Crippen LogP contribution is 2.29. The molecule has 1 aromatic carbocycles. The maximum atomic E-state index is 5.51. The van der Waals surface area contributed by atoms with E-state index in [1.165, 1.54) is 18.5 Å². The standard InChI is InChI=1S/C12H14N2S/c15-12-13-8-4-7-11(13)9-14(12)10-5-2-1-3-6-10/h1-3,5-6,11H,4,7-9H2/t11-/m0/s1. The van der Waals surface area contributed by atoms with Gasteiger partial charge in [-0.2, -0.15) is 0 Å². The van der Waals surface area contributed by atoms with Crippen LogP contribution >= 0.6 is 12.2 Å². The van der Waals surface area contributed by atoms with Gasteiger partial charge in [-0.15, -0.1) is 0 Å². The van der Waals surface area contributed by atoms with Crippen molar-refractivity contribution in [1.29, 1.82) is 0 Å². The highest BCUT2D eigenvalue weighted by molar-refractivity contribution is 7.80. The van der Waals surface area contributed by atoms with E-state index in [0.29, 0.717) is 6.04 Å². The second-order valence-electron chi connectivity index (χ2n) is 4.22. The molecule has 2 heterocycles. The largest absolute Gasteiger partial charge is 0.344 e. The van der Waals surface area contributed by atoms with Crippen LogP contribution in [0.15, 0.2) is 30.3 Å². The summed E-state index contributed by atoms with van der Waals surface area (Å²) in [6.45, 7) is 2.22. The van der Waals surface area contributed by atoms with Gasteiger partial charge in [0.15, 0.2) is 5.11 Å². The van der Waals surface area contributed by atoms with Gasteiger partial charge in [0.2, 0.25) is 0 Å². The van der Waals surface area contributed by atoms with Crippen molar-refractivity contribution < 1.29 is 0 Å². The first kappa shape index (κ1) is 9.16. The highest BCUT2D eigenvalue weighted by Gasteiger charge is 2.37. The van der Waals surface area contributed by atoms with Gasteiger partial charge in [0.1, 0.15) is 0 Å². The van der Waals surface area contributed by atoms with Crippen LogP contribution in [0.1, 0.15) is 12.8 Å². The summed E-state index contributed by atoms with van der Waals surface area (Å²) in [6, 6.07) is 11.1. The first-order chi connectivity index (χ1) is 7.36. The Morgan fingerprint density at radius 3 is 2.73 bits per heavy atom. The third-order valence-corrected chi connectivity index (χ3v) is 3.77. The van der Waals surface area contributed by atoms with E-state index in [1.807, 2.05) is 6.07 Å². The van der Waals surface area contributed by atoms with Gasteiger partial charge in [0.05, 0.1) is 0 Å². The average Bonchev–Trinajstić information content (AvgIpc) is 2.83. The Labute approximate surface area is 95.5 Å². The van der Waals surface area contributed by atoms with Gasteiger partial charge in [-0.05, 0) is 37.2 Å². The SMILES string of the molecule is S=C1N(c2ccccc2)C[C@@H]2CCCN12. The van der Waals surface area contributed by atoms with Gasteiger partial charge >= 0.3 is 0 Å². The van der Waals surface area contributed by atoms with E-state index in [1.54, 1.807) is 0 Å². The van der Waals surface area contributed by atoms with E-state index < -0.39 is 0 Å². The zero-order chi connectivity index (χ0) is 10.3. The van der Waals surface area contributed by atoms with Crippen LogP contribution in [0, 0.1) is 0 Å². The zero-order valence-corrected chi connectivity index (χ0v) is 9.41. The number of fused-ring (bicyclic) bond motifs is 1. The molecular formula is C12H14N2S. The van der Waals surface area contributed by atoms with Crippen molar-refractivity contribution in [3.05, 3.63) is 30.3 Å². The number of rotatable bonds is 1. The van der Waals surface area contributed by atoms with Crippen molar-refractivity contribution in [2.45, 2.75) is 18.9 Å². The predicted octanol–water partition coefficient (Wildman–Crippen LogP) is 2.26. The topological polar surface area (TPSA) is 6.48 Å². The molecule has 0 N–H and O–H groups in total. The lowest BCUT2D eigenvalue weighted by Crippen LogP contribution is -2.31. The number of anilines is 1. The molecule has 0 radical (unpaired) electrons. The van der Waals surface area contributed by atoms with Crippen LogP contribution in [-0.2, 0) is 0 Å². The molecule has 15 heavy (non-hydrogen) atoms. The summed E-state index contributed by atoms with van der Waals surface area (Å²) in [5.74, 6) is 0. The lowest BCUT2D eigenvalue weighted by Gasteiger charge is -2.20. The summed E-state index contributed by atoms with van der Waals surface area (Å²) in [5.41, 5.74) is 1.23. The van der Waals surface area contributed by atoms with Crippen LogP contribution in [0.25, 0.3) is 0 Å². The normalized spacial score (nSPS) is 24.8. The van der Waals surface area contributed by atoms with Gasteiger partial charge < -0.3 is 9.80 Å². The number of nitrogens with zero attached hydrogens (tertiary/aromatic N) is 2. The van der Waals surface area contributed by atoms with Crippen molar-refractivity contribution in [3.8, 4) is 0 Å². The molecule has 0 saturated carbocycles. The fourth-order valence-corrected chi connectivity index (χ4v) is 2.97. The van der Waals surface area contributed by atoms with E-state index in [-0.39, 0.29) is 0 Å². The molecule has 0 aromatic heterocycles. The Morgan fingerprint density at radius 2 is 2.00 bits per heavy atom. The molecule has 2 aliphatic heterocycles. The van der Waals surface area contributed by atoms with Crippen LogP contribution in [0.4, 0.5) is 5.69 Å². The molecule has 2 fully saturated rings. The van der Waals surface area contributed by atoms with Gasteiger partial charge in [0.25, 0.3) is 0 Å². The van der Waals surface area contributed by atoms with Crippen molar-refractivity contribution in [1.82, 2.24) is 4.90 Å². The molecule has 2 aliphatic rings. The van der Waals surface area contributed by atoms with E-state index in [4.69, 9.17) is 12.2 Å². The fraction of sp³-hybridized carbons (Fsp3) is 0.417. The first-order valence-corrected chi connectivity index (χ1v) is 5.90. The molecule has 2 saturated heterocycles. The molecule has 2 nitrogen and oxygen atoms in total. The van der Waals surface area contributed by atoms with Crippen molar-refractivity contribution in [2.24, 2.45) is 0 Å². The number of hydrogen-bond acceptors (Lipinski definition) is 1. The molecular weight excluding hydrogens is 204 g/mol. The van der Waals surface area contributed by atoms with Crippen LogP contribution in [0.2, 0.25) is 0 Å². The Morgan fingerprint density at radius 1 is 1.20 bits per heavy atom. The Hall–Kier alpha value is -1.09. The Kier molecular flexibility index (Phi) is 2.13. The minimum Gasteiger partial charge on any atom is -0.344 e. The molecule has 0 spiro atoms. The molecule has 3 rings (SSSR count). The van der Waals surface area contributed by atoms with Crippen LogP contribution in [-0.4, -0.2) is 29.1 Å². The van der Waals surface area contributed by atoms with E-state index >= 15 is 0 Å². The minimum atomic E-state index is 0.665. The van der Waals surface area contributed by atoms with Gasteiger partial charge in [-0.25, -0.2) is 0 Å². The van der Waals surface area contributed by atoms with Gasteiger partial charge in [-0.1, -0.05) is 18.2 Å². The second kappa shape index (κ2) is 3.49. The number of benzene rings is 1. The molecule has 78 valence electrons. The second-order valence-corrected chi connectivity index (χ2v) is 4.58. The first-order valence-electron chi connectivity index (χ1n) is 5.49. The summed E-state index contributed by atoms with van der Waals surface area (Å²) in [6.07, 6.45) is 2.59. The van der Waals surface area contributed by atoms with Crippen molar-refractivity contribution in [3.63, 3.8) is 0 Å². The van der Waals surface area contributed by atoms with Crippen LogP contribution in [0.3, 0.4) is 0 Å². The van der Waals surface area contributed by atoms with Crippen LogP contribution < -0.4 is 4.90 Å². The van der Waals surface area contributed by atoms with Crippen molar-refractivity contribution in [2.75, 3.05) is 18.0 Å². The number of thiocarbonyl (C=S) groups is 1. The smallest absolute Gasteiger partial charge is 0.176 e. The zero-order valence-electron chi connectivity index (χ0n) is 8.60. The van der Waals surface area contributed by atoms with Crippen molar-refractivity contribution >= 4 is 23.0 Å². The van der Waals surface area contributed by atoms with E-state index in [2.05, 4.69) is 34.1 Å². The highest BCUT2D eigenvalue weighted by atomic mass is 32.1. The maximum absolute atomic E-state index is 5.51. The predicted molar refractivity (Wildman–Crippen MR) is 66.1 cm³/mol. The molecule has 0 bridgehead atoms. The summed E-state index contributed by atoms with van der Waals surface area (Å²) >= 11 is 5.51. The molecule has 0 amide bonds. The van der Waals surface area contributed by atoms with E-state index in [0.717, 1.165) is 18.2 Å². The van der Waals surface area contributed by atoms with Gasteiger partial charge in [0, 0.05) is 24.8 Å². The lowest BCUT2D eigenvalue weighted by molar-refractivity contribution is 0.443. The third kappa shape index (κ3) is 1.42. The molecule has 3 heteroatoms. The summed E-state index contributed by atoms with van der Waals surface area (Å²) in [5, 5.41) is 1.02. The minimum absolute atomic E-state index is 0.665. The maximum Gasteiger partial charge on any atom is 0.176 e. The lowest BCUT2D eigenvalue weighted by atomic mass is 10.2. The summed E-state index contributed by atoms with van der Waals surface area (Å²) in [7, 11) is 0.